The van der Waals surface area contributed by atoms with Crippen molar-refractivity contribution in [3.8, 4) is 17.2 Å². The zero-order chi connectivity index (χ0) is 35.1. The van der Waals surface area contributed by atoms with E-state index in [2.05, 4.69) is 10.6 Å². The van der Waals surface area contributed by atoms with E-state index in [1.54, 1.807) is 65.7 Å². The third kappa shape index (κ3) is 9.02. The number of anilines is 2. The van der Waals surface area contributed by atoms with E-state index in [0.717, 1.165) is 24.2 Å². The number of hydrogen-bond donors (Lipinski definition) is 3. The number of likely N-dealkylation sites (N-methyl/N-ethyl adjacent to an activating group) is 1. The summed E-state index contributed by atoms with van der Waals surface area (Å²) in [6.45, 7) is 6.04. The van der Waals surface area contributed by atoms with Gasteiger partial charge in [0.15, 0.2) is 11.5 Å². The second kappa shape index (κ2) is 16.2. The van der Waals surface area contributed by atoms with Crippen LogP contribution in [0.15, 0.2) is 58.1 Å². The van der Waals surface area contributed by atoms with E-state index in [1.165, 1.54) is 11.4 Å². The van der Waals surface area contributed by atoms with Gasteiger partial charge in [0, 0.05) is 50.1 Å². The lowest BCUT2D eigenvalue weighted by molar-refractivity contribution is -0.00832. The molecular formula is C34H44N4O9S2. The molecule has 3 amide bonds. The summed E-state index contributed by atoms with van der Waals surface area (Å²) in [5.41, 5.74) is 1.07. The summed E-state index contributed by atoms with van der Waals surface area (Å²) in [5, 5.41) is 17.5. The highest BCUT2D eigenvalue weighted by atomic mass is 32.2. The Morgan fingerprint density at radius 2 is 1.78 bits per heavy atom. The molecule has 1 aromatic heterocycles. The number of aliphatic hydroxyl groups is 1. The number of fused-ring (bicyclic) bond motifs is 2. The summed E-state index contributed by atoms with van der Waals surface area (Å²) < 4.78 is 51.4. The Labute approximate surface area is 291 Å². The highest BCUT2D eigenvalue weighted by Gasteiger charge is 2.32. The number of amides is 3. The molecule has 0 aliphatic carbocycles. The van der Waals surface area contributed by atoms with E-state index in [-0.39, 0.29) is 48.3 Å². The number of benzene rings is 2. The first kappa shape index (κ1) is 36.4. The summed E-state index contributed by atoms with van der Waals surface area (Å²) >= 11 is 1.15. The quantitative estimate of drug-likeness (QED) is 0.284. The number of carbonyl (C=O) groups is 2. The fourth-order valence-corrected chi connectivity index (χ4v) is 8.03. The third-order valence-electron chi connectivity index (χ3n) is 8.54. The van der Waals surface area contributed by atoms with Crippen LogP contribution in [0.4, 0.5) is 16.2 Å². The Bertz CT molecular complexity index is 1700. The lowest BCUT2D eigenvalue weighted by atomic mass is 10.0. The Kier molecular flexibility index (Phi) is 12.0. The largest absolute Gasteiger partial charge is 0.490 e. The van der Waals surface area contributed by atoms with Gasteiger partial charge >= 0.3 is 6.03 Å². The Morgan fingerprint density at radius 1 is 1.06 bits per heavy atom. The molecule has 5 rings (SSSR count). The summed E-state index contributed by atoms with van der Waals surface area (Å²) in [4.78, 5) is 28.9. The number of aliphatic hydroxyl groups excluding tert-OH is 1. The lowest BCUT2D eigenvalue weighted by Crippen LogP contribution is -2.48. The van der Waals surface area contributed by atoms with Crippen LogP contribution in [0.5, 0.6) is 17.2 Å². The average molecular weight is 717 g/mol. The number of nitrogens with one attached hydrogen (secondary N) is 2. The number of thiophene rings is 1. The van der Waals surface area contributed by atoms with Gasteiger partial charge in [-0.15, -0.1) is 11.3 Å². The van der Waals surface area contributed by atoms with Gasteiger partial charge < -0.3 is 39.6 Å². The molecule has 2 aliphatic rings. The van der Waals surface area contributed by atoms with Gasteiger partial charge in [0.1, 0.15) is 9.96 Å². The predicted molar refractivity (Wildman–Crippen MR) is 186 cm³/mol. The number of sulfonamides is 1. The van der Waals surface area contributed by atoms with Crippen LogP contribution >= 0.6 is 11.3 Å². The average Bonchev–Trinajstić information content (AvgIpc) is 3.79. The van der Waals surface area contributed by atoms with Crippen LogP contribution in [-0.4, -0.2) is 93.1 Å². The molecule has 3 aromatic rings. The monoisotopic (exact) mass is 716 g/mol. The normalized spacial score (nSPS) is 21.0. The van der Waals surface area contributed by atoms with Gasteiger partial charge in [0.05, 0.1) is 30.4 Å². The van der Waals surface area contributed by atoms with Crippen molar-refractivity contribution in [3.05, 3.63) is 59.5 Å². The first-order chi connectivity index (χ1) is 23.5. The molecular weight excluding hydrogens is 673 g/mol. The van der Waals surface area contributed by atoms with Crippen LogP contribution in [0, 0.1) is 5.92 Å². The summed E-state index contributed by atoms with van der Waals surface area (Å²) in [7, 11) is -2.20. The topological polar surface area (TPSA) is 156 Å². The van der Waals surface area contributed by atoms with Gasteiger partial charge in [-0.05, 0) is 74.9 Å². The standard InChI is InChI=1S/C34H44N4O9S2/c1-22-18-38(23(2)20-39)33(40)27-16-25(35-34(41)36-26-11-13-29-30(17-26)46-21-45-29)10-12-28(27)47-24(3)8-5-6-14-44-31(22)19-37(4)49(42,43)32-9-7-15-48-32/h7,9-13,15-17,22-24,31,39H,5-6,8,14,18-21H2,1-4H3,(H2,35,36,41)/t22-,23+,24-,31+/m0/s1. The van der Waals surface area contributed by atoms with E-state index < -0.39 is 34.1 Å². The minimum Gasteiger partial charge on any atom is -0.490 e. The Hall–Kier alpha value is -3.89. The van der Waals surface area contributed by atoms with E-state index in [9.17, 15) is 23.1 Å². The molecule has 0 bridgehead atoms. The maximum Gasteiger partial charge on any atom is 0.323 e. The van der Waals surface area contributed by atoms with Crippen molar-refractivity contribution >= 4 is 44.7 Å². The number of ether oxygens (including phenoxy) is 4. The number of hydrogen-bond acceptors (Lipinski definition) is 10. The molecule has 15 heteroatoms. The molecule has 0 unspecified atom stereocenters. The first-order valence-corrected chi connectivity index (χ1v) is 18.6. The van der Waals surface area contributed by atoms with Crippen molar-refractivity contribution in [1.82, 2.24) is 9.21 Å². The van der Waals surface area contributed by atoms with Crippen molar-refractivity contribution in [2.45, 2.75) is 62.5 Å². The second-order valence-electron chi connectivity index (χ2n) is 12.4. The maximum atomic E-state index is 14.4. The molecule has 3 N–H and O–H groups in total. The van der Waals surface area contributed by atoms with Gasteiger partial charge in [0.2, 0.25) is 6.79 Å². The molecule has 2 aromatic carbocycles. The molecule has 49 heavy (non-hydrogen) atoms. The second-order valence-corrected chi connectivity index (χ2v) is 15.6. The fraction of sp³-hybridized carbons (Fsp3) is 0.471. The van der Waals surface area contributed by atoms with E-state index in [1.807, 2.05) is 13.8 Å². The molecule has 0 radical (unpaired) electrons. The van der Waals surface area contributed by atoms with Crippen LogP contribution in [0.25, 0.3) is 0 Å². The van der Waals surface area contributed by atoms with Crippen LogP contribution in [0.3, 0.4) is 0 Å². The SMILES string of the molecule is C[C@H](CO)N1C[C@H](C)[C@@H](CN(C)S(=O)(=O)c2cccs2)OCCCC[C@H](C)Oc2ccc(NC(=O)Nc3ccc4c(c3)OCO4)cc2C1=O. The molecule has 0 spiro atoms. The summed E-state index contributed by atoms with van der Waals surface area (Å²) in [6.07, 6.45) is 1.45. The molecule has 266 valence electrons. The maximum absolute atomic E-state index is 14.4. The van der Waals surface area contributed by atoms with Gasteiger partial charge in [0.25, 0.3) is 15.9 Å². The molecule has 0 saturated heterocycles. The number of urea groups is 1. The summed E-state index contributed by atoms with van der Waals surface area (Å²) in [5.74, 6) is 0.740. The smallest absolute Gasteiger partial charge is 0.323 e. The number of carbonyl (C=O) groups excluding carboxylic acids is 2. The van der Waals surface area contributed by atoms with Gasteiger partial charge in [-0.2, -0.15) is 4.31 Å². The first-order valence-electron chi connectivity index (χ1n) is 16.3. The zero-order valence-corrected chi connectivity index (χ0v) is 29.7. The van der Waals surface area contributed by atoms with Crippen molar-refractivity contribution < 1.29 is 42.1 Å². The lowest BCUT2D eigenvalue weighted by Gasteiger charge is -2.35. The van der Waals surface area contributed by atoms with Crippen molar-refractivity contribution in [1.29, 1.82) is 0 Å². The fourth-order valence-electron chi connectivity index (χ4n) is 5.65. The van der Waals surface area contributed by atoms with E-state index >= 15 is 0 Å². The van der Waals surface area contributed by atoms with Crippen LogP contribution in [0.2, 0.25) is 0 Å². The molecule has 4 atom stereocenters. The third-order valence-corrected chi connectivity index (χ3v) is 11.7. The number of rotatable bonds is 8. The van der Waals surface area contributed by atoms with Crippen LogP contribution in [-0.2, 0) is 14.8 Å². The van der Waals surface area contributed by atoms with Crippen LogP contribution < -0.4 is 24.8 Å². The van der Waals surface area contributed by atoms with Gasteiger partial charge in [-0.3, -0.25) is 4.79 Å². The minimum atomic E-state index is -3.73. The number of nitrogens with zero attached hydrogens (tertiary/aromatic N) is 2. The Balaban J connectivity index is 1.39. The zero-order valence-electron chi connectivity index (χ0n) is 28.1. The highest BCUT2D eigenvalue weighted by molar-refractivity contribution is 7.91. The van der Waals surface area contributed by atoms with E-state index in [4.69, 9.17) is 18.9 Å². The molecule has 13 nitrogen and oxygen atoms in total. The Morgan fingerprint density at radius 3 is 2.49 bits per heavy atom. The molecule has 0 fully saturated rings. The van der Waals surface area contributed by atoms with Crippen LogP contribution in [0.1, 0.15) is 50.4 Å². The van der Waals surface area contributed by atoms with Gasteiger partial charge in [-0.1, -0.05) is 13.0 Å². The molecule has 2 aliphatic heterocycles. The van der Waals surface area contributed by atoms with Crippen molar-refractivity contribution in [2.75, 3.05) is 50.8 Å². The van der Waals surface area contributed by atoms with Crippen molar-refractivity contribution in [2.24, 2.45) is 5.92 Å². The summed E-state index contributed by atoms with van der Waals surface area (Å²) in [6, 6.07) is 12.1. The predicted octanol–water partition coefficient (Wildman–Crippen LogP) is 5.24. The molecule has 0 saturated carbocycles. The van der Waals surface area contributed by atoms with E-state index in [0.29, 0.717) is 41.7 Å². The van der Waals surface area contributed by atoms with Gasteiger partial charge in [-0.25, -0.2) is 13.2 Å². The minimum absolute atomic E-state index is 0.0829. The molecule has 3 heterocycles. The van der Waals surface area contributed by atoms with Crippen molar-refractivity contribution in [3.63, 3.8) is 0 Å². The highest BCUT2D eigenvalue weighted by Crippen LogP contribution is 2.34.